The van der Waals surface area contributed by atoms with Gasteiger partial charge in [-0.15, -0.1) is 0 Å². The van der Waals surface area contributed by atoms with Crippen molar-refractivity contribution in [3.63, 3.8) is 0 Å². The topological polar surface area (TPSA) is 70.5 Å². The molecule has 0 amide bonds. The average molecular weight is 544 g/mol. The molecular formula is C28H28Cl2N2O3S. The van der Waals surface area contributed by atoms with Gasteiger partial charge in [0.2, 0.25) is 0 Å². The first-order valence-corrected chi connectivity index (χ1v) is 14.0. The Kier molecular flexibility index (Phi) is 7.90. The first-order chi connectivity index (χ1) is 17.1. The summed E-state index contributed by atoms with van der Waals surface area (Å²) in [5.74, 6) is 0.135. The number of sulfone groups is 1. The summed E-state index contributed by atoms with van der Waals surface area (Å²) in [4.78, 5) is 6.91. The lowest BCUT2D eigenvalue weighted by Crippen LogP contribution is -2.22. The summed E-state index contributed by atoms with van der Waals surface area (Å²) in [5, 5.41) is 11.2. The Bertz CT molecular complexity index is 1500. The molecule has 0 aliphatic rings. The average Bonchev–Trinajstić information content (AvgIpc) is 2.84. The number of phenolic OH excluding ortho intramolecular Hbond substituents is 1. The van der Waals surface area contributed by atoms with Crippen LogP contribution in [0.3, 0.4) is 0 Å². The molecule has 188 valence electrons. The minimum absolute atomic E-state index is 0.135. The Morgan fingerprint density at radius 1 is 0.917 bits per heavy atom. The predicted molar refractivity (Wildman–Crippen MR) is 147 cm³/mol. The van der Waals surface area contributed by atoms with Crippen LogP contribution < -0.4 is 0 Å². The van der Waals surface area contributed by atoms with Gasteiger partial charge in [-0.1, -0.05) is 49.2 Å². The van der Waals surface area contributed by atoms with E-state index in [0.717, 1.165) is 13.1 Å². The van der Waals surface area contributed by atoms with Crippen LogP contribution in [0.4, 0.5) is 0 Å². The van der Waals surface area contributed by atoms with E-state index in [0.29, 0.717) is 49.9 Å². The van der Waals surface area contributed by atoms with E-state index in [1.54, 1.807) is 48.5 Å². The lowest BCUT2D eigenvalue weighted by molar-refractivity contribution is 0.290. The zero-order chi connectivity index (χ0) is 26.0. The van der Waals surface area contributed by atoms with Crippen LogP contribution in [0.25, 0.3) is 10.9 Å². The molecule has 1 atom stereocenters. The number of benzene rings is 3. The fourth-order valence-electron chi connectivity index (χ4n) is 4.45. The third kappa shape index (κ3) is 5.37. The summed E-state index contributed by atoms with van der Waals surface area (Å²) >= 11 is 12.3. The van der Waals surface area contributed by atoms with Gasteiger partial charge in [0.05, 0.1) is 10.4 Å². The second kappa shape index (κ2) is 10.8. The van der Waals surface area contributed by atoms with Crippen molar-refractivity contribution in [2.24, 2.45) is 0 Å². The second-order valence-corrected chi connectivity index (χ2v) is 11.6. The van der Waals surface area contributed by atoms with Gasteiger partial charge in [0.25, 0.3) is 0 Å². The zero-order valence-corrected chi connectivity index (χ0v) is 22.7. The Hall–Kier alpha value is -2.64. The molecule has 0 saturated carbocycles. The monoisotopic (exact) mass is 542 g/mol. The molecule has 4 rings (SSSR count). The minimum Gasteiger partial charge on any atom is -0.508 e. The molecule has 3 aromatic carbocycles. The van der Waals surface area contributed by atoms with E-state index in [-0.39, 0.29) is 10.6 Å². The quantitative estimate of drug-likeness (QED) is 0.260. The molecule has 1 N–H and O–H groups in total. The number of fused-ring (bicyclic) bond motifs is 1. The summed E-state index contributed by atoms with van der Waals surface area (Å²) in [6.07, 6.45) is 0. The van der Waals surface area contributed by atoms with E-state index in [4.69, 9.17) is 23.2 Å². The number of nitrogens with zero attached hydrogens (tertiary/aromatic N) is 2. The molecule has 1 aromatic heterocycles. The van der Waals surface area contributed by atoms with Crippen molar-refractivity contribution in [2.75, 3.05) is 13.1 Å². The smallest absolute Gasteiger partial charge is 0.189 e. The van der Waals surface area contributed by atoms with E-state index >= 15 is 0 Å². The van der Waals surface area contributed by atoms with Crippen molar-refractivity contribution in [1.29, 1.82) is 0 Å². The molecule has 36 heavy (non-hydrogen) atoms. The number of halogens is 2. The van der Waals surface area contributed by atoms with E-state index in [9.17, 15) is 13.5 Å². The number of hydrogen-bond acceptors (Lipinski definition) is 5. The van der Waals surface area contributed by atoms with Crippen LogP contribution in [-0.4, -0.2) is 36.5 Å². The van der Waals surface area contributed by atoms with E-state index in [1.165, 1.54) is 12.1 Å². The second-order valence-electron chi connectivity index (χ2n) is 8.74. The molecule has 0 spiro atoms. The number of hydrogen-bond donors (Lipinski definition) is 1. The van der Waals surface area contributed by atoms with E-state index in [1.807, 2.05) is 13.0 Å². The fraction of sp³-hybridized carbons (Fsp3) is 0.250. The Morgan fingerprint density at radius 3 is 2.25 bits per heavy atom. The van der Waals surface area contributed by atoms with E-state index in [2.05, 4.69) is 23.7 Å². The van der Waals surface area contributed by atoms with E-state index < -0.39 is 15.1 Å². The van der Waals surface area contributed by atoms with Crippen molar-refractivity contribution < 1.29 is 13.5 Å². The lowest BCUT2D eigenvalue weighted by atomic mass is 9.97. The first-order valence-electron chi connectivity index (χ1n) is 11.7. The third-order valence-corrected chi connectivity index (χ3v) is 8.92. The van der Waals surface area contributed by atoms with Crippen molar-refractivity contribution in [2.45, 2.75) is 37.5 Å². The van der Waals surface area contributed by atoms with Gasteiger partial charge in [-0.3, -0.25) is 9.88 Å². The van der Waals surface area contributed by atoms with Gasteiger partial charge in [-0.25, -0.2) is 8.42 Å². The summed E-state index contributed by atoms with van der Waals surface area (Å²) in [7, 11) is -3.93. The number of aryl methyl sites for hydroxylation is 1. The molecule has 0 aliphatic carbocycles. The third-order valence-electron chi connectivity index (χ3n) is 6.36. The molecule has 0 fully saturated rings. The van der Waals surface area contributed by atoms with Crippen LogP contribution in [0, 0.1) is 6.92 Å². The molecule has 1 heterocycles. The maximum absolute atomic E-state index is 14.2. The highest BCUT2D eigenvalue weighted by Gasteiger charge is 2.33. The highest BCUT2D eigenvalue weighted by molar-refractivity contribution is 7.92. The minimum atomic E-state index is -3.93. The van der Waals surface area contributed by atoms with Gasteiger partial charge in [0.15, 0.2) is 9.84 Å². The first kappa shape index (κ1) is 26.4. The SMILES string of the molecule is CCN(CC)Cc1cc(C(c2cc(C)nc3cc(Cl)ccc23)S(=O)(=O)c2ccc(Cl)cc2)ccc1O. The van der Waals surface area contributed by atoms with Crippen molar-refractivity contribution >= 4 is 43.9 Å². The molecular weight excluding hydrogens is 515 g/mol. The van der Waals surface area contributed by atoms with Crippen molar-refractivity contribution in [3.8, 4) is 5.75 Å². The highest BCUT2D eigenvalue weighted by Crippen LogP contribution is 2.40. The molecule has 4 aromatic rings. The molecule has 1 unspecified atom stereocenters. The molecule has 0 aliphatic heterocycles. The maximum atomic E-state index is 14.2. The molecule has 0 radical (unpaired) electrons. The van der Waals surface area contributed by atoms with Gasteiger partial charge in [0, 0.05) is 33.2 Å². The fourth-order valence-corrected chi connectivity index (χ4v) is 6.57. The normalized spacial score (nSPS) is 12.8. The van der Waals surface area contributed by atoms with Gasteiger partial charge < -0.3 is 5.11 Å². The summed E-state index contributed by atoms with van der Waals surface area (Å²) in [6, 6.07) is 18.3. The molecule has 8 heteroatoms. The van der Waals surface area contributed by atoms with Crippen molar-refractivity contribution in [3.05, 3.63) is 99.2 Å². The number of rotatable bonds is 8. The standard InChI is InChI=1S/C28H28Cl2N2O3S/c1-4-32(5-2)17-20-15-19(6-13-27(20)33)28(36(34,35)23-10-7-21(29)8-11-23)25-14-18(3)31-26-16-22(30)9-12-24(25)26/h6-16,28,33H,4-5,17H2,1-3H3. The number of aromatic nitrogens is 1. The maximum Gasteiger partial charge on any atom is 0.189 e. The summed E-state index contributed by atoms with van der Waals surface area (Å²) < 4.78 is 28.5. The van der Waals surface area contributed by atoms with Crippen molar-refractivity contribution in [1.82, 2.24) is 9.88 Å². The van der Waals surface area contributed by atoms with Gasteiger partial charge in [-0.05, 0) is 85.7 Å². The van der Waals surface area contributed by atoms with Crippen LogP contribution in [0.15, 0.2) is 71.6 Å². The Labute approximate surface area is 222 Å². The number of pyridine rings is 1. The van der Waals surface area contributed by atoms with Gasteiger partial charge in [-0.2, -0.15) is 0 Å². The summed E-state index contributed by atoms with van der Waals surface area (Å²) in [6.45, 7) is 8.05. The van der Waals surface area contributed by atoms with Crippen LogP contribution >= 0.6 is 23.2 Å². The molecule has 0 saturated heterocycles. The molecule has 5 nitrogen and oxygen atoms in total. The Balaban J connectivity index is 1.99. The van der Waals surface area contributed by atoms with Crippen LogP contribution in [-0.2, 0) is 16.4 Å². The Morgan fingerprint density at radius 2 is 1.58 bits per heavy atom. The van der Waals surface area contributed by atoms with Gasteiger partial charge >= 0.3 is 0 Å². The summed E-state index contributed by atoms with van der Waals surface area (Å²) in [5.41, 5.74) is 3.13. The largest absolute Gasteiger partial charge is 0.508 e. The van der Waals surface area contributed by atoms with Crippen LogP contribution in [0.1, 0.15) is 41.5 Å². The number of phenols is 1. The zero-order valence-electron chi connectivity index (χ0n) is 20.4. The van der Waals surface area contributed by atoms with Crippen LogP contribution in [0.2, 0.25) is 10.0 Å². The van der Waals surface area contributed by atoms with Gasteiger partial charge in [0.1, 0.15) is 11.0 Å². The number of aromatic hydroxyl groups is 1. The molecule has 0 bridgehead atoms. The highest BCUT2D eigenvalue weighted by atomic mass is 35.5. The predicted octanol–water partition coefficient (Wildman–Crippen LogP) is 6.96. The lowest BCUT2D eigenvalue weighted by Gasteiger charge is -2.23. The van der Waals surface area contributed by atoms with Crippen LogP contribution in [0.5, 0.6) is 5.75 Å².